The minimum Gasteiger partial charge on any atom is -0.506 e. The van der Waals surface area contributed by atoms with Gasteiger partial charge in [-0.05, 0) is 46.6 Å². The number of ether oxygens (including phenoxy) is 3. The zero-order chi connectivity index (χ0) is 25.7. The summed E-state index contributed by atoms with van der Waals surface area (Å²) in [6, 6.07) is 5.38. The number of anilines is 1. The molecule has 2 aromatic heterocycles. The highest BCUT2D eigenvalue weighted by Crippen LogP contribution is 2.48. The Kier molecular flexibility index (Phi) is 6.30. The van der Waals surface area contributed by atoms with Gasteiger partial charge >= 0.3 is 0 Å². The SMILES string of the molecule is COc1cc2cc(/C=C/C(=O)N3C[C@@H](CCl)c4c3cc(O)c3[nH]c(C)c(Br)c43)[nH]c2c(OC)c1OC. The Balaban J connectivity index is 1.52. The van der Waals surface area contributed by atoms with Crippen molar-refractivity contribution in [2.45, 2.75) is 12.8 Å². The molecule has 0 unspecified atom stereocenters. The Morgan fingerprint density at radius 1 is 1.17 bits per heavy atom. The number of nitrogens with zero attached hydrogens (tertiary/aromatic N) is 1. The van der Waals surface area contributed by atoms with E-state index in [4.69, 9.17) is 25.8 Å². The third kappa shape index (κ3) is 3.69. The molecular formula is C26H25BrClN3O5. The largest absolute Gasteiger partial charge is 0.506 e. The van der Waals surface area contributed by atoms with Gasteiger partial charge in [-0.1, -0.05) is 0 Å². The zero-order valence-corrected chi connectivity index (χ0v) is 22.5. The fourth-order valence-corrected chi connectivity index (χ4v) is 5.71. The van der Waals surface area contributed by atoms with Gasteiger partial charge in [0, 0.05) is 57.1 Å². The number of amides is 1. The molecule has 1 aliphatic heterocycles. The van der Waals surface area contributed by atoms with Gasteiger partial charge in [0.05, 0.1) is 38.1 Å². The quantitative estimate of drug-likeness (QED) is 0.199. The number of benzene rings is 2. The summed E-state index contributed by atoms with van der Waals surface area (Å²) in [4.78, 5) is 21.5. The van der Waals surface area contributed by atoms with Gasteiger partial charge in [0.15, 0.2) is 11.5 Å². The lowest BCUT2D eigenvalue weighted by molar-refractivity contribution is -0.114. The molecule has 0 aliphatic carbocycles. The van der Waals surface area contributed by atoms with Crippen LogP contribution in [0.1, 0.15) is 22.9 Å². The van der Waals surface area contributed by atoms with Crippen molar-refractivity contribution in [3.05, 3.63) is 45.7 Å². The molecule has 10 heteroatoms. The average molecular weight is 575 g/mol. The van der Waals surface area contributed by atoms with Gasteiger partial charge in [-0.25, -0.2) is 0 Å². The number of aromatic hydroxyl groups is 1. The third-order valence-electron chi connectivity index (χ3n) is 6.59. The van der Waals surface area contributed by atoms with E-state index in [1.165, 1.54) is 6.08 Å². The Morgan fingerprint density at radius 3 is 2.58 bits per heavy atom. The lowest BCUT2D eigenvalue weighted by Gasteiger charge is -2.16. The van der Waals surface area contributed by atoms with E-state index in [2.05, 4.69) is 25.9 Å². The molecule has 0 fully saturated rings. The second kappa shape index (κ2) is 9.29. The number of carbonyl (C=O) groups excluding carboxylic acids is 1. The van der Waals surface area contributed by atoms with Crippen molar-refractivity contribution in [1.29, 1.82) is 0 Å². The number of nitrogens with one attached hydrogen (secondary N) is 2. The van der Waals surface area contributed by atoms with Gasteiger partial charge in [0.2, 0.25) is 5.75 Å². The molecule has 1 atom stereocenters. The van der Waals surface area contributed by atoms with Crippen molar-refractivity contribution in [3.63, 3.8) is 0 Å². The van der Waals surface area contributed by atoms with E-state index in [0.717, 1.165) is 32.0 Å². The molecule has 0 saturated heterocycles. The fraction of sp³-hybridized carbons (Fsp3) is 0.269. The lowest BCUT2D eigenvalue weighted by Crippen LogP contribution is -2.28. The molecule has 1 aliphatic rings. The van der Waals surface area contributed by atoms with Crippen molar-refractivity contribution in [2.24, 2.45) is 0 Å². The van der Waals surface area contributed by atoms with E-state index in [-0.39, 0.29) is 17.6 Å². The first-order valence-electron chi connectivity index (χ1n) is 11.2. The van der Waals surface area contributed by atoms with Crippen LogP contribution in [0.5, 0.6) is 23.0 Å². The number of carbonyl (C=O) groups is 1. The molecule has 8 nitrogen and oxygen atoms in total. The number of aromatic nitrogens is 2. The van der Waals surface area contributed by atoms with E-state index >= 15 is 0 Å². The summed E-state index contributed by atoms with van der Waals surface area (Å²) in [6.45, 7) is 2.35. The van der Waals surface area contributed by atoms with E-state index in [0.29, 0.717) is 46.6 Å². The molecule has 0 radical (unpaired) electrons. The van der Waals surface area contributed by atoms with Crippen molar-refractivity contribution in [3.8, 4) is 23.0 Å². The first-order valence-corrected chi connectivity index (χ1v) is 12.6. The average Bonchev–Trinajstić information content (AvgIpc) is 3.54. The topological polar surface area (TPSA) is 99.8 Å². The highest BCUT2D eigenvalue weighted by Gasteiger charge is 2.35. The van der Waals surface area contributed by atoms with Crippen molar-refractivity contribution in [2.75, 3.05) is 38.7 Å². The number of aryl methyl sites for hydroxylation is 1. The van der Waals surface area contributed by atoms with Gasteiger partial charge < -0.3 is 34.2 Å². The zero-order valence-electron chi connectivity index (χ0n) is 20.2. The minimum absolute atomic E-state index is 0.0640. The fourth-order valence-electron chi connectivity index (χ4n) is 4.94. The molecule has 1 amide bonds. The van der Waals surface area contributed by atoms with Gasteiger partial charge in [-0.3, -0.25) is 4.79 Å². The van der Waals surface area contributed by atoms with Gasteiger partial charge in [-0.2, -0.15) is 0 Å². The number of H-pyrrole nitrogens is 2. The van der Waals surface area contributed by atoms with E-state index in [1.54, 1.807) is 38.4 Å². The van der Waals surface area contributed by atoms with Crippen LogP contribution in [0.2, 0.25) is 0 Å². The maximum Gasteiger partial charge on any atom is 0.251 e. The number of rotatable bonds is 6. The van der Waals surface area contributed by atoms with Crippen LogP contribution in [-0.2, 0) is 4.79 Å². The Hall–Kier alpha value is -3.30. The maximum absolute atomic E-state index is 13.3. The number of hydrogen-bond donors (Lipinski definition) is 3. The summed E-state index contributed by atoms with van der Waals surface area (Å²) in [5.74, 6) is 1.70. The lowest BCUT2D eigenvalue weighted by atomic mass is 9.98. The smallest absolute Gasteiger partial charge is 0.251 e. The predicted octanol–water partition coefficient (Wildman–Crippen LogP) is 5.83. The maximum atomic E-state index is 13.3. The summed E-state index contributed by atoms with van der Waals surface area (Å²) in [7, 11) is 4.68. The molecule has 0 spiro atoms. The Labute approximate surface area is 220 Å². The number of phenolic OH excluding ortho intramolecular Hbond substituents is 1. The van der Waals surface area contributed by atoms with Crippen LogP contribution in [-0.4, -0.2) is 54.7 Å². The number of fused-ring (bicyclic) bond motifs is 4. The van der Waals surface area contributed by atoms with Crippen LogP contribution in [0, 0.1) is 6.92 Å². The molecular weight excluding hydrogens is 550 g/mol. The summed E-state index contributed by atoms with van der Waals surface area (Å²) >= 11 is 9.95. The van der Waals surface area contributed by atoms with Crippen LogP contribution < -0.4 is 19.1 Å². The minimum atomic E-state index is -0.216. The summed E-state index contributed by atoms with van der Waals surface area (Å²) in [5.41, 5.74) is 4.58. The molecule has 5 rings (SSSR count). The number of hydrogen-bond acceptors (Lipinski definition) is 5. The number of halogens is 2. The Bertz CT molecular complexity index is 1540. The number of methoxy groups -OCH3 is 3. The van der Waals surface area contributed by atoms with E-state index in [1.807, 2.05) is 19.1 Å². The van der Waals surface area contributed by atoms with Crippen LogP contribution in [0.3, 0.4) is 0 Å². The highest BCUT2D eigenvalue weighted by atomic mass is 79.9. The number of aromatic amines is 2. The normalized spacial score (nSPS) is 15.3. The van der Waals surface area contributed by atoms with Crippen molar-refractivity contribution < 1.29 is 24.1 Å². The van der Waals surface area contributed by atoms with Gasteiger partial charge in [0.1, 0.15) is 5.75 Å². The molecule has 0 bridgehead atoms. The molecule has 3 N–H and O–H groups in total. The number of phenols is 1. The van der Waals surface area contributed by atoms with Crippen LogP contribution in [0.4, 0.5) is 5.69 Å². The van der Waals surface area contributed by atoms with E-state index in [9.17, 15) is 9.90 Å². The first kappa shape index (κ1) is 24.4. The van der Waals surface area contributed by atoms with E-state index < -0.39 is 0 Å². The summed E-state index contributed by atoms with van der Waals surface area (Å²) in [6.07, 6.45) is 3.22. The van der Waals surface area contributed by atoms with Crippen LogP contribution in [0.15, 0.2) is 28.7 Å². The molecule has 36 heavy (non-hydrogen) atoms. The Morgan fingerprint density at radius 2 is 1.92 bits per heavy atom. The van der Waals surface area contributed by atoms with Crippen LogP contribution in [0.25, 0.3) is 27.9 Å². The molecule has 4 aromatic rings. The van der Waals surface area contributed by atoms with Crippen LogP contribution >= 0.6 is 27.5 Å². The molecule has 0 saturated carbocycles. The number of alkyl halides is 1. The highest BCUT2D eigenvalue weighted by molar-refractivity contribution is 9.10. The van der Waals surface area contributed by atoms with Gasteiger partial charge in [-0.15, -0.1) is 11.6 Å². The second-order valence-corrected chi connectivity index (χ2v) is 9.71. The summed E-state index contributed by atoms with van der Waals surface area (Å²) in [5, 5.41) is 12.4. The molecule has 3 heterocycles. The monoisotopic (exact) mass is 573 g/mol. The first-order chi connectivity index (χ1) is 17.3. The molecule has 2 aromatic carbocycles. The molecule has 188 valence electrons. The predicted molar refractivity (Wildman–Crippen MR) is 145 cm³/mol. The standard InChI is InChI=1S/C26H25BrClN3O5/c1-12-22(27)21-20-14(10-28)11-31(16(20)9-17(32)24(21)29-12)19(33)6-5-15-7-13-8-18(34-2)25(35-3)26(36-4)23(13)30-15/h5-9,14,29-30,32H,10-11H2,1-4H3/b6-5+/t14-/m1/s1. The van der Waals surface area contributed by atoms with Crippen molar-refractivity contribution in [1.82, 2.24) is 9.97 Å². The third-order valence-corrected chi connectivity index (χ3v) is 7.95. The van der Waals surface area contributed by atoms with Crippen molar-refractivity contribution >= 4 is 67.0 Å². The van der Waals surface area contributed by atoms with Gasteiger partial charge in [0.25, 0.3) is 5.91 Å². The summed E-state index contributed by atoms with van der Waals surface area (Å²) < 4.78 is 17.3. The second-order valence-electron chi connectivity index (χ2n) is 8.61.